The third-order valence-corrected chi connectivity index (χ3v) is 5.91. The van der Waals surface area contributed by atoms with E-state index in [0.717, 1.165) is 19.6 Å². The number of likely N-dealkylation sites (tertiary alicyclic amines) is 1. The van der Waals surface area contributed by atoms with Gasteiger partial charge in [-0.15, -0.1) is 0 Å². The van der Waals surface area contributed by atoms with Gasteiger partial charge in [-0.3, -0.25) is 0 Å². The Morgan fingerprint density at radius 2 is 2.00 bits per heavy atom. The molecule has 0 spiro atoms. The predicted octanol–water partition coefficient (Wildman–Crippen LogP) is 1.86. The molecule has 3 fully saturated rings. The normalized spacial score (nSPS) is 45.8. The van der Waals surface area contributed by atoms with Crippen LogP contribution in [0.15, 0.2) is 0 Å². The van der Waals surface area contributed by atoms with E-state index >= 15 is 0 Å². The van der Waals surface area contributed by atoms with Crippen LogP contribution in [0.1, 0.15) is 40.5 Å². The molecule has 0 aromatic carbocycles. The fourth-order valence-corrected chi connectivity index (χ4v) is 4.53. The van der Waals surface area contributed by atoms with Crippen molar-refractivity contribution >= 4 is 0 Å². The monoisotopic (exact) mass is 252 g/mol. The van der Waals surface area contributed by atoms with Gasteiger partial charge in [0.15, 0.2) is 0 Å². The maximum Gasteiger partial charge on any atom is 0.0691 e. The van der Waals surface area contributed by atoms with Crippen molar-refractivity contribution in [2.24, 2.45) is 22.5 Å². The van der Waals surface area contributed by atoms with Crippen molar-refractivity contribution in [1.29, 1.82) is 0 Å². The molecular formula is C15H28N2O. The van der Waals surface area contributed by atoms with Crippen LogP contribution in [0.5, 0.6) is 0 Å². The lowest BCUT2D eigenvalue weighted by Crippen LogP contribution is -2.78. The van der Waals surface area contributed by atoms with E-state index in [9.17, 15) is 0 Å². The summed E-state index contributed by atoms with van der Waals surface area (Å²) in [4.78, 5) is 2.58. The Morgan fingerprint density at radius 1 is 1.28 bits per heavy atom. The van der Waals surface area contributed by atoms with Crippen molar-refractivity contribution in [3.05, 3.63) is 0 Å². The van der Waals surface area contributed by atoms with Crippen LogP contribution in [-0.2, 0) is 4.74 Å². The maximum absolute atomic E-state index is 6.81. The first kappa shape index (κ1) is 12.9. The SMILES string of the molecule is CC1(C)CCN(CC2(N)C3CCOC3C2(C)C)C1. The van der Waals surface area contributed by atoms with Gasteiger partial charge in [-0.2, -0.15) is 0 Å². The zero-order chi connectivity index (χ0) is 13.2. The van der Waals surface area contributed by atoms with Gasteiger partial charge < -0.3 is 15.4 Å². The highest BCUT2D eigenvalue weighted by Gasteiger charge is 2.67. The largest absolute Gasteiger partial charge is 0.377 e. The zero-order valence-corrected chi connectivity index (χ0v) is 12.3. The van der Waals surface area contributed by atoms with Crippen molar-refractivity contribution < 1.29 is 4.74 Å². The molecule has 3 rings (SSSR count). The van der Waals surface area contributed by atoms with Crippen LogP contribution in [0, 0.1) is 16.7 Å². The molecule has 2 N–H and O–H groups in total. The third kappa shape index (κ3) is 1.60. The van der Waals surface area contributed by atoms with Gasteiger partial charge in [-0.25, -0.2) is 0 Å². The summed E-state index contributed by atoms with van der Waals surface area (Å²) in [5.74, 6) is 0.580. The number of nitrogens with two attached hydrogens (primary N) is 1. The molecular weight excluding hydrogens is 224 g/mol. The Balaban J connectivity index is 1.72. The fourth-order valence-electron chi connectivity index (χ4n) is 4.53. The van der Waals surface area contributed by atoms with Crippen LogP contribution in [0.25, 0.3) is 0 Å². The minimum Gasteiger partial charge on any atom is -0.377 e. The lowest BCUT2D eigenvalue weighted by Gasteiger charge is -2.63. The van der Waals surface area contributed by atoms with E-state index in [-0.39, 0.29) is 11.0 Å². The highest BCUT2D eigenvalue weighted by molar-refractivity contribution is 5.21. The fraction of sp³-hybridized carbons (Fsp3) is 1.00. The second-order valence-electron chi connectivity index (χ2n) is 8.07. The summed E-state index contributed by atoms with van der Waals surface area (Å²) in [5.41, 5.74) is 7.36. The van der Waals surface area contributed by atoms with Gasteiger partial charge in [0.2, 0.25) is 0 Å². The second-order valence-corrected chi connectivity index (χ2v) is 8.07. The molecule has 0 aromatic rings. The lowest BCUT2D eigenvalue weighted by atomic mass is 9.48. The van der Waals surface area contributed by atoms with E-state index in [4.69, 9.17) is 10.5 Å². The number of hydrogen-bond acceptors (Lipinski definition) is 3. The van der Waals surface area contributed by atoms with E-state index in [2.05, 4.69) is 32.6 Å². The molecule has 3 atom stereocenters. The van der Waals surface area contributed by atoms with Crippen molar-refractivity contribution in [1.82, 2.24) is 4.90 Å². The molecule has 0 bridgehead atoms. The predicted molar refractivity (Wildman–Crippen MR) is 73.4 cm³/mol. The summed E-state index contributed by atoms with van der Waals surface area (Å²) in [5, 5.41) is 0. The van der Waals surface area contributed by atoms with Crippen molar-refractivity contribution in [3.63, 3.8) is 0 Å². The number of fused-ring (bicyclic) bond motifs is 1. The molecule has 3 aliphatic rings. The Morgan fingerprint density at radius 3 is 2.61 bits per heavy atom. The van der Waals surface area contributed by atoms with Crippen LogP contribution in [-0.4, -0.2) is 42.8 Å². The summed E-state index contributed by atoms with van der Waals surface area (Å²) in [6.07, 6.45) is 2.86. The quantitative estimate of drug-likeness (QED) is 0.815. The number of nitrogens with zero attached hydrogens (tertiary/aromatic N) is 1. The van der Waals surface area contributed by atoms with Crippen molar-refractivity contribution in [2.45, 2.75) is 52.2 Å². The number of ether oxygens (including phenoxy) is 1. The van der Waals surface area contributed by atoms with Crippen LogP contribution < -0.4 is 5.73 Å². The zero-order valence-electron chi connectivity index (χ0n) is 12.3. The molecule has 1 saturated carbocycles. The first-order valence-corrected chi connectivity index (χ1v) is 7.39. The molecule has 1 aliphatic carbocycles. The Bertz CT molecular complexity index is 352. The molecule has 2 heterocycles. The number of hydrogen-bond donors (Lipinski definition) is 1. The smallest absolute Gasteiger partial charge is 0.0691 e. The molecule has 104 valence electrons. The van der Waals surface area contributed by atoms with Crippen molar-refractivity contribution in [2.75, 3.05) is 26.2 Å². The minimum absolute atomic E-state index is 0.0470. The van der Waals surface area contributed by atoms with Crippen LogP contribution in [0.2, 0.25) is 0 Å². The van der Waals surface area contributed by atoms with E-state index < -0.39 is 0 Å². The van der Waals surface area contributed by atoms with Crippen LogP contribution >= 0.6 is 0 Å². The van der Waals surface area contributed by atoms with Gasteiger partial charge in [0.1, 0.15) is 0 Å². The van der Waals surface area contributed by atoms with E-state index in [1.54, 1.807) is 0 Å². The van der Waals surface area contributed by atoms with Gasteiger partial charge in [0, 0.05) is 36.6 Å². The Kier molecular flexibility index (Phi) is 2.66. The molecule has 0 radical (unpaired) electrons. The first-order valence-electron chi connectivity index (χ1n) is 7.39. The molecule has 3 heteroatoms. The Labute approximate surface area is 111 Å². The van der Waals surface area contributed by atoms with Gasteiger partial charge in [0.05, 0.1) is 6.10 Å². The van der Waals surface area contributed by atoms with E-state index in [1.165, 1.54) is 19.5 Å². The lowest BCUT2D eigenvalue weighted by molar-refractivity contribution is -0.162. The van der Waals surface area contributed by atoms with Gasteiger partial charge in [0.25, 0.3) is 0 Å². The molecule has 0 aromatic heterocycles. The van der Waals surface area contributed by atoms with Gasteiger partial charge in [-0.05, 0) is 24.8 Å². The molecule has 3 nitrogen and oxygen atoms in total. The maximum atomic E-state index is 6.81. The summed E-state index contributed by atoms with van der Waals surface area (Å²) in [6, 6.07) is 0. The number of rotatable bonds is 2. The van der Waals surface area contributed by atoms with Gasteiger partial charge in [-0.1, -0.05) is 27.7 Å². The van der Waals surface area contributed by atoms with Gasteiger partial charge >= 0.3 is 0 Å². The molecule has 2 saturated heterocycles. The Hall–Kier alpha value is -0.120. The third-order valence-electron chi connectivity index (χ3n) is 5.91. The minimum atomic E-state index is -0.0470. The van der Waals surface area contributed by atoms with Crippen molar-refractivity contribution in [3.8, 4) is 0 Å². The molecule has 0 amide bonds. The summed E-state index contributed by atoms with van der Waals surface area (Å²) in [7, 11) is 0. The molecule has 18 heavy (non-hydrogen) atoms. The standard InChI is InChI=1S/C15H28N2O/c1-13(2)6-7-17(9-13)10-15(16)11-5-8-18-12(11)14(15,3)4/h11-12H,5-10,16H2,1-4H3. The molecule has 2 aliphatic heterocycles. The topological polar surface area (TPSA) is 38.5 Å². The average molecular weight is 252 g/mol. The highest BCUT2D eigenvalue weighted by Crippen LogP contribution is 2.58. The highest BCUT2D eigenvalue weighted by atomic mass is 16.5. The second kappa shape index (κ2) is 3.71. The van der Waals surface area contributed by atoms with E-state index in [0.29, 0.717) is 17.4 Å². The molecule has 3 unspecified atom stereocenters. The first-order chi connectivity index (χ1) is 8.26. The summed E-state index contributed by atoms with van der Waals surface area (Å²) >= 11 is 0. The summed E-state index contributed by atoms with van der Waals surface area (Å²) in [6.45, 7) is 13.7. The summed E-state index contributed by atoms with van der Waals surface area (Å²) < 4.78 is 5.87. The van der Waals surface area contributed by atoms with E-state index in [1.807, 2.05) is 0 Å². The van der Waals surface area contributed by atoms with Crippen LogP contribution in [0.4, 0.5) is 0 Å². The van der Waals surface area contributed by atoms with Crippen LogP contribution in [0.3, 0.4) is 0 Å². The average Bonchev–Trinajstić information content (AvgIpc) is 2.83.